The number of hydrogen-bond donors (Lipinski definition) is 3. The number of hydrogen-bond acceptors (Lipinski definition) is 4. The van der Waals surface area contributed by atoms with Crippen molar-refractivity contribution in [2.24, 2.45) is 5.73 Å². The molecule has 0 bridgehead atoms. The fraction of sp³-hybridized carbons (Fsp3) is 0.333. The van der Waals surface area contributed by atoms with Gasteiger partial charge in [-0.25, -0.2) is 9.78 Å². The van der Waals surface area contributed by atoms with Gasteiger partial charge in [0.1, 0.15) is 5.69 Å². The van der Waals surface area contributed by atoms with Gasteiger partial charge in [0.15, 0.2) is 0 Å². The van der Waals surface area contributed by atoms with Gasteiger partial charge in [0.2, 0.25) is 0 Å². The van der Waals surface area contributed by atoms with Crippen LogP contribution in [-0.4, -0.2) is 27.8 Å². The molecule has 14 heavy (non-hydrogen) atoms. The van der Waals surface area contributed by atoms with Crippen molar-refractivity contribution in [1.82, 2.24) is 4.98 Å². The van der Waals surface area contributed by atoms with E-state index in [9.17, 15) is 4.79 Å². The van der Waals surface area contributed by atoms with Gasteiger partial charge in [-0.3, -0.25) is 0 Å². The number of carbonyl (C=O) groups is 1. The van der Waals surface area contributed by atoms with Gasteiger partial charge in [-0.05, 0) is 18.1 Å². The zero-order valence-electron chi connectivity index (χ0n) is 7.55. The Kier molecular flexibility index (Phi) is 3.55. The molecule has 0 saturated carbocycles. The number of carboxylic acids is 1. The summed E-state index contributed by atoms with van der Waals surface area (Å²) in [6.07, 6.45) is 1.86. The van der Waals surface area contributed by atoms with Gasteiger partial charge in [-0.15, -0.1) is 0 Å². The Morgan fingerprint density at radius 3 is 2.71 bits per heavy atom. The van der Waals surface area contributed by atoms with E-state index in [1.807, 2.05) is 0 Å². The molecule has 0 saturated heterocycles. The van der Waals surface area contributed by atoms with Crippen LogP contribution in [0.3, 0.4) is 0 Å². The Bertz CT molecular complexity index is 310. The molecule has 0 aliphatic carbocycles. The second kappa shape index (κ2) is 4.69. The van der Waals surface area contributed by atoms with E-state index in [4.69, 9.17) is 15.9 Å². The van der Waals surface area contributed by atoms with Crippen molar-refractivity contribution in [2.75, 3.05) is 6.61 Å². The smallest absolute Gasteiger partial charge is 0.354 e. The topological polar surface area (TPSA) is 96.4 Å². The van der Waals surface area contributed by atoms with Crippen LogP contribution in [0.25, 0.3) is 0 Å². The van der Waals surface area contributed by atoms with E-state index in [1.54, 1.807) is 6.07 Å². The minimum atomic E-state index is -1.06. The first-order valence-corrected chi connectivity index (χ1v) is 4.21. The van der Waals surface area contributed by atoms with Crippen molar-refractivity contribution in [3.63, 3.8) is 0 Å². The highest BCUT2D eigenvalue weighted by Crippen LogP contribution is 2.12. The zero-order valence-corrected chi connectivity index (χ0v) is 7.55. The van der Waals surface area contributed by atoms with E-state index in [0.717, 1.165) is 5.56 Å². The molecule has 0 aliphatic rings. The molecule has 1 aromatic rings. The second-order valence-electron chi connectivity index (χ2n) is 2.90. The number of aromatic nitrogens is 1. The molecule has 0 aliphatic heterocycles. The number of aromatic carboxylic acids is 1. The summed E-state index contributed by atoms with van der Waals surface area (Å²) >= 11 is 0. The van der Waals surface area contributed by atoms with Crippen LogP contribution in [-0.2, 0) is 0 Å². The highest BCUT2D eigenvalue weighted by atomic mass is 16.4. The quantitative estimate of drug-likeness (QED) is 0.637. The lowest BCUT2D eigenvalue weighted by atomic mass is 10.1. The van der Waals surface area contributed by atoms with Gasteiger partial charge < -0.3 is 15.9 Å². The maximum absolute atomic E-state index is 10.5. The molecule has 1 aromatic heterocycles. The molecule has 0 spiro atoms. The van der Waals surface area contributed by atoms with E-state index in [2.05, 4.69) is 4.98 Å². The van der Waals surface area contributed by atoms with E-state index < -0.39 is 5.97 Å². The summed E-state index contributed by atoms with van der Waals surface area (Å²) in [7, 11) is 0. The largest absolute Gasteiger partial charge is 0.477 e. The molecule has 5 heteroatoms. The Morgan fingerprint density at radius 1 is 1.57 bits per heavy atom. The molecular formula is C9H12N2O3. The first-order chi connectivity index (χ1) is 6.65. The number of rotatable bonds is 4. The highest BCUT2D eigenvalue weighted by molar-refractivity contribution is 5.85. The van der Waals surface area contributed by atoms with Crippen LogP contribution in [0.5, 0.6) is 0 Å². The van der Waals surface area contributed by atoms with Crippen molar-refractivity contribution in [1.29, 1.82) is 0 Å². The minimum Gasteiger partial charge on any atom is -0.477 e. The summed E-state index contributed by atoms with van der Waals surface area (Å²) in [4.78, 5) is 14.2. The van der Waals surface area contributed by atoms with Crippen LogP contribution in [0, 0.1) is 0 Å². The molecule has 76 valence electrons. The third-order valence-electron chi connectivity index (χ3n) is 1.87. The van der Waals surface area contributed by atoms with Crippen molar-refractivity contribution in [3.8, 4) is 0 Å². The Morgan fingerprint density at radius 2 is 2.29 bits per heavy atom. The third kappa shape index (κ3) is 2.51. The fourth-order valence-electron chi connectivity index (χ4n) is 1.06. The monoisotopic (exact) mass is 196 g/mol. The Balaban J connectivity index is 2.77. The van der Waals surface area contributed by atoms with Crippen LogP contribution < -0.4 is 5.73 Å². The normalized spacial score (nSPS) is 12.4. The summed E-state index contributed by atoms with van der Waals surface area (Å²) in [5, 5.41) is 17.2. The summed E-state index contributed by atoms with van der Waals surface area (Å²) in [6.45, 7) is 0.00183. The number of nitrogens with two attached hydrogens (primary N) is 1. The lowest BCUT2D eigenvalue weighted by Gasteiger charge is -2.09. The molecule has 0 aromatic carbocycles. The Labute approximate surface area is 81.2 Å². The number of aliphatic hydroxyl groups is 1. The zero-order chi connectivity index (χ0) is 10.6. The van der Waals surface area contributed by atoms with E-state index in [0.29, 0.717) is 6.42 Å². The van der Waals surface area contributed by atoms with E-state index >= 15 is 0 Å². The summed E-state index contributed by atoms with van der Waals surface area (Å²) in [5.41, 5.74) is 6.40. The van der Waals surface area contributed by atoms with Crippen LogP contribution >= 0.6 is 0 Å². The maximum atomic E-state index is 10.5. The predicted octanol–water partition coefficient (Wildman–Crippen LogP) is 0.162. The van der Waals surface area contributed by atoms with Crippen LogP contribution in [0.1, 0.15) is 28.5 Å². The molecular weight excluding hydrogens is 184 g/mol. The van der Waals surface area contributed by atoms with Crippen molar-refractivity contribution in [3.05, 3.63) is 29.6 Å². The molecule has 0 unspecified atom stereocenters. The molecule has 1 rings (SSSR count). The van der Waals surface area contributed by atoms with Gasteiger partial charge in [0.05, 0.1) is 0 Å². The molecule has 0 fully saturated rings. The number of pyridine rings is 1. The first-order valence-electron chi connectivity index (χ1n) is 4.21. The molecule has 0 radical (unpaired) electrons. The average Bonchev–Trinajstić information content (AvgIpc) is 2.18. The minimum absolute atomic E-state index is 0.00183. The molecule has 5 nitrogen and oxygen atoms in total. The van der Waals surface area contributed by atoms with Gasteiger partial charge in [0.25, 0.3) is 0 Å². The Hall–Kier alpha value is -1.46. The van der Waals surface area contributed by atoms with Crippen molar-refractivity contribution < 1.29 is 15.0 Å². The summed E-state index contributed by atoms with van der Waals surface area (Å²) in [5.74, 6) is -1.06. The number of nitrogens with zero attached hydrogens (tertiary/aromatic N) is 1. The van der Waals surface area contributed by atoms with Gasteiger partial charge in [-0.1, -0.05) is 6.07 Å². The third-order valence-corrected chi connectivity index (χ3v) is 1.87. The summed E-state index contributed by atoms with van der Waals surface area (Å²) < 4.78 is 0. The molecule has 1 atom stereocenters. The average molecular weight is 196 g/mol. The van der Waals surface area contributed by atoms with Crippen LogP contribution in [0.15, 0.2) is 18.3 Å². The van der Waals surface area contributed by atoms with Gasteiger partial charge >= 0.3 is 5.97 Å². The first kappa shape index (κ1) is 10.6. The van der Waals surface area contributed by atoms with E-state index in [1.165, 1.54) is 12.3 Å². The van der Waals surface area contributed by atoms with Crippen LogP contribution in [0.4, 0.5) is 0 Å². The number of carboxylic acid groups (broad SMARTS) is 1. The summed E-state index contributed by atoms with van der Waals surface area (Å²) in [6, 6.07) is 2.71. The SMILES string of the molecule is N[C@@H](CCO)c1ccc(C(=O)O)nc1. The second-order valence-corrected chi connectivity index (χ2v) is 2.90. The maximum Gasteiger partial charge on any atom is 0.354 e. The standard InChI is InChI=1S/C9H12N2O3/c10-7(3-4-12)6-1-2-8(9(13)14)11-5-6/h1-2,5,7,12H,3-4,10H2,(H,13,14)/t7-/m0/s1. The fourth-order valence-corrected chi connectivity index (χ4v) is 1.06. The van der Waals surface area contributed by atoms with Crippen LogP contribution in [0.2, 0.25) is 0 Å². The molecule has 4 N–H and O–H groups in total. The lowest BCUT2D eigenvalue weighted by molar-refractivity contribution is 0.0690. The number of aliphatic hydroxyl groups excluding tert-OH is 1. The molecule has 1 heterocycles. The van der Waals surface area contributed by atoms with Gasteiger partial charge in [-0.2, -0.15) is 0 Å². The lowest BCUT2D eigenvalue weighted by Crippen LogP contribution is -2.12. The van der Waals surface area contributed by atoms with Crippen molar-refractivity contribution >= 4 is 5.97 Å². The van der Waals surface area contributed by atoms with E-state index in [-0.39, 0.29) is 18.3 Å². The highest BCUT2D eigenvalue weighted by Gasteiger charge is 2.08. The van der Waals surface area contributed by atoms with Gasteiger partial charge in [0, 0.05) is 18.8 Å². The molecule has 0 amide bonds. The predicted molar refractivity (Wildman–Crippen MR) is 49.8 cm³/mol. The van der Waals surface area contributed by atoms with Crippen molar-refractivity contribution in [2.45, 2.75) is 12.5 Å².